The summed E-state index contributed by atoms with van der Waals surface area (Å²) in [7, 11) is -0.436. The lowest BCUT2D eigenvalue weighted by atomic mass is 10.5. The molecule has 1 aromatic rings. The Bertz CT molecular complexity index is 302. The maximum absolute atomic E-state index is 12.0. The number of halogens is 3. The average Bonchev–Trinajstić information content (AvgIpc) is 2.30. The second-order valence-electron chi connectivity index (χ2n) is 2.13. The summed E-state index contributed by atoms with van der Waals surface area (Å²) in [6.07, 6.45) is -2.59. The fourth-order valence-corrected chi connectivity index (χ4v) is 2.15. The summed E-state index contributed by atoms with van der Waals surface area (Å²) in [6.45, 7) is 0. The molecule has 1 unspecified atom stereocenters. The molecule has 0 amide bonds. The predicted octanol–water partition coefficient (Wildman–Crippen LogP) is 2.85. The van der Waals surface area contributed by atoms with Gasteiger partial charge in [-0.05, 0) is 6.26 Å². The van der Waals surface area contributed by atoms with E-state index in [4.69, 9.17) is 0 Å². The van der Waals surface area contributed by atoms with E-state index in [0.29, 0.717) is 4.34 Å². The van der Waals surface area contributed by atoms with Gasteiger partial charge in [0.05, 0.1) is 0 Å². The molecule has 0 fully saturated rings. The number of nitrogens with zero attached hydrogens (tertiary/aromatic N) is 1. The summed E-state index contributed by atoms with van der Waals surface area (Å²) in [6, 6.07) is 0. The molecule has 0 aliphatic heterocycles. The zero-order valence-electron chi connectivity index (χ0n) is 6.18. The highest BCUT2D eigenvalue weighted by atomic mass is 32.2. The Morgan fingerprint density at radius 1 is 1.58 bits per heavy atom. The number of hydrogen-bond acceptors (Lipinski definition) is 2. The molecule has 0 saturated carbocycles. The SMILES string of the molecule is C=S(C)c1nc(C(F)(F)F)cs1. The van der Waals surface area contributed by atoms with Crippen molar-refractivity contribution in [2.45, 2.75) is 10.5 Å². The summed E-state index contributed by atoms with van der Waals surface area (Å²) in [4.78, 5) is 3.42. The highest BCUT2D eigenvalue weighted by Gasteiger charge is 2.33. The van der Waals surface area contributed by atoms with Gasteiger partial charge < -0.3 is 0 Å². The van der Waals surface area contributed by atoms with E-state index in [-0.39, 0.29) is 0 Å². The molecule has 0 aliphatic carbocycles. The van der Waals surface area contributed by atoms with Crippen molar-refractivity contribution in [3.63, 3.8) is 0 Å². The first-order valence-corrected chi connectivity index (χ1v) is 5.58. The van der Waals surface area contributed by atoms with Crippen molar-refractivity contribution < 1.29 is 13.2 Å². The molecule has 1 nitrogen and oxygen atoms in total. The zero-order valence-corrected chi connectivity index (χ0v) is 7.82. The normalized spacial score (nSPS) is 14.7. The van der Waals surface area contributed by atoms with Crippen LogP contribution in [0, 0.1) is 0 Å². The largest absolute Gasteiger partial charge is 0.434 e. The third kappa shape index (κ3) is 2.07. The highest BCUT2D eigenvalue weighted by molar-refractivity contribution is 8.14. The maximum atomic E-state index is 12.0. The molecule has 12 heavy (non-hydrogen) atoms. The van der Waals surface area contributed by atoms with Crippen LogP contribution in [0.5, 0.6) is 0 Å². The van der Waals surface area contributed by atoms with Crippen molar-refractivity contribution in [2.24, 2.45) is 0 Å². The topological polar surface area (TPSA) is 12.9 Å². The van der Waals surface area contributed by atoms with Gasteiger partial charge in [-0.2, -0.15) is 13.2 Å². The molecule has 1 rings (SSSR count). The lowest BCUT2D eigenvalue weighted by molar-refractivity contribution is -0.141. The highest BCUT2D eigenvalue weighted by Crippen LogP contribution is 2.33. The van der Waals surface area contributed by atoms with Crippen molar-refractivity contribution >= 4 is 27.7 Å². The number of thiazole rings is 1. The van der Waals surface area contributed by atoms with E-state index in [1.807, 2.05) is 0 Å². The van der Waals surface area contributed by atoms with E-state index >= 15 is 0 Å². The third-order valence-electron chi connectivity index (χ3n) is 1.07. The minimum atomic E-state index is -4.33. The van der Waals surface area contributed by atoms with E-state index in [2.05, 4.69) is 10.9 Å². The Labute approximate surface area is 74.2 Å². The lowest BCUT2D eigenvalue weighted by Gasteiger charge is -1.99. The molecule has 0 radical (unpaired) electrons. The summed E-state index contributed by atoms with van der Waals surface area (Å²) >= 11 is 1.00. The molecular formula is C6H6F3NS2. The van der Waals surface area contributed by atoms with Gasteiger partial charge in [0.15, 0.2) is 5.69 Å². The first-order chi connectivity index (χ1) is 5.41. The van der Waals surface area contributed by atoms with Crippen LogP contribution >= 0.6 is 21.8 Å². The van der Waals surface area contributed by atoms with Crippen LogP contribution in [0.2, 0.25) is 0 Å². The zero-order chi connectivity index (χ0) is 9.35. The minimum absolute atomic E-state index is 0.436. The van der Waals surface area contributed by atoms with E-state index in [1.165, 1.54) is 0 Å². The Hall–Kier alpha value is -0.360. The standard InChI is InChI=1S/C6H6F3NS2/c1-12(2)5-10-4(3-11-5)6(7,8)9/h3H,1H2,2H3. The Morgan fingerprint density at radius 3 is 2.42 bits per heavy atom. The van der Waals surface area contributed by atoms with E-state index in [1.54, 1.807) is 6.26 Å². The molecule has 0 spiro atoms. The molecule has 1 atom stereocenters. The van der Waals surface area contributed by atoms with Crippen molar-refractivity contribution in [2.75, 3.05) is 6.26 Å². The second kappa shape index (κ2) is 3.18. The van der Waals surface area contributed by atoms with Crippen molar-refractivity contribution in [3.8, 4) is 0 Å². The van der Waals surface area contributed by atoms with Gasteiger partial charge in [0.25, 0.3) is 0 Å². The molecule has 1 heterocycles. The van der Waals surface area contributed by atoms with E-state index in [9.17, 15) is 13.2 Å². The van der Waals surface area contributed by atoms with Gasteiger partial charge >= 0.3 is 6.18 Å². The van der Waals surface area contributed by atoms with Gasteiger partial charge in [-0.15, -0.1) is 21.8 Å². The fourth-order valence-electron chi connectivity index (χ4n) is 0.548. The second-order valence-corrected chi connectivity index (χ2v) is 4.91. The first-order valence-electron chi connectivity index (χ1n) is 2.89. The van der Waals surface area contributed by atoms with Crippen molar-refractivity contribution in [1.29, 1.82) is 0 Å². The molecule has 1 aromatic heterocycles. The van der Waals surface area contributed by atoms with Crippen molar-refractivity contribution in [1.82, 2.24) is 4.98 Å². The quantitative estimate of drug-likeness (QED) is 0.654. The monoisotopic (exact) mass is 213 g/mol. The molecule has 0 N–H and O–H groups in total. The Balaban J connectivity index is 3.00. The maximum Gasteiger partial charge on any atom is 0.434 e. The van der Waals surface area contributed by atoms with Gasteiger partial charge in [0, 0.05) is 5.38 Å². The predicted molar refractivity (Wildman–Crippen MR) is 46.0 cm³/mol. The van der Waals surface area contributed by atoms with Crippen LogP contribution in [-0.4, -0.2) is 17.1 Å². The number of aromatic nitrogens is 1. The Morgan fingerprint density at radius 2 is 2.17 bits per heavy atom. The van der Waals surface area contributed by atoms with Crippen LogP contribution in [0.4, 0.5) is 13.2 Å². The smallest absolute Gasteiger partial charge is 0.226 e. The lowest BCUT2D eigenvalue weighted by Crippen LogP contribution is -2.04. The number of hydrogen-bond donors (Lipinski definition) is 0. The van der Waals surface area contributed by atoms with Gasteiger partial charge in [0.1, 0.15) is 4.34 Å². The summed E-state index contributed by atoms with van der Waals surface area (Å²) in [5.74, 6) is 3.61. The fraction of sp³-hybridized carbons (Fsp3) is 0.333. The van der Waals surface area contributed by atoms with Crippen LogP contribution in [0.15, 0.2) is 9.72 Å². The molecule has 0 saturated heterocycles. The van der Waals surface area contributed by atoms with Crippen LogP contribution in [0.1, 0.15) is 5.69 Å². The third-order valence-corrected chi connectivity index (χ3v) is 3.54. The van der Waals surface area contributed by atoms with E-state index < -0.39 is 22.4 Å². The van der Waals surface area contributed by atoms with Crippen molar-refractivity contribution in [3.05, 3.63) is 11.1 Å². The van der Waals surface area contributed by atoms with Gasteiger partial charge in [-0.25, -0.2) is 4.98 Å². The number of rotatable bonds is 1. The van der Waals surface area contributed by atoms with Crippen LogP contribution < -0.4 is 0 Å². The molecule has 68 valence electrons. The summed E-state index contributed by atoms with van der Waals surface area (Å²) in [5.41, 5.74) is -0.814. The summed E-state index contributed by atoms with van der Waals surface area (Å²) in [5, 5.41) is 1.02. The molecule has 0 bridgehead atoms. The van der Waals surface area contributed by atoms with Crippen LogP contribution in [0.3, 0.4) is 0 Å². The van der Waals surface area contributed by atoms with E-state index in [0.717, 1.165) is 16.7 Å². The molecule has 0 aliphatic rings. The molecular weight excluding hydrogens is 207 g/mol. The molecule has 6 heteroatoms. The average molecular weight is 213 g/mol. The van der Waals surface area contributed by atoms with Gasteiger partial charge in [-0.1, -0.05) is 5.87 Å². The minimum Gasteiger partial charge on any atom is -0.226 e. The first kappa shape index (κ1) is 9.73. The summed E-state index contributed by atoms with van der Waals surface area (Å²) < 4.78 is 36.4. The van der Waals surface area contributed by atoms with Crippen LogP contribution in [-0.2, 0) is 6.18 Å². The van der Waals surface area contributed by atoms with Gasteiger partial charge in [0.2, 0.25) is 0 Å². The molecule has 0 aromatic carbocycles. The Kier molecular flexibility index (Phi) is 2.58. The van der Waals surface area contributed by atoms with Crippen LogP contribution in [0.25, 0.3) is 0 Å². The van der Waals surface area contributed by atoms with Gasteiger partial charge in [-0.3, -0.25) is 0 Å². The number of alkyl halides is 3.